The molecule has 0 heterocycles. The number of methoxy groups -OCH3 is 1. The van der Waals surface area contributed by atoms with Crippen LogP contribution in [0, 0.1) is 6.92 Å². The highest BCUT2D eigenvalue weighted by Crippen LogP contribution is 2.34. The molecule has 1 saturated carbocycles. The largest absolute Gasteiger partial charge is 0.467 e. The van der Waals surface area contributed by atoms with Crippen LogP contribution in [0.5, 0.6) is 0 Å². The van der Waals surface area contributed by atoms with Crippen LogP contribution in [0.2, 0.25) is 0 Å². The summed E-state index contributed by atoms with van der Waals surface area (Å²) >= 11 is 0. The summed E-state index contributed by atoms with van der Waals surface area (Å²) in [5.41, 5.74) is 1.70. The van der Waals surface area contributed by atoms with Gasteiger partial charge in [0.1, 0.15) is 5.54 Å². The SMILES string of the molecule is COC(=O)C1(Nc2ccc(C)cc2)CCCC1. The summed E-state index contributed by atoms with van der Waals surface area (Å²) in [4.78, 5) is 11.9. The molecule has 0 aromatic heterocycles. The molecule has 0 unspecified atom stereocenters. The van der Waals surface area contributed by atoms with Gasteiger partial charge in [-0.15, -0.1) is 0 Å². The van der Waals surface area contributed by atoms with Crippen LogP contribution in [-0.2, 0) is 9.53 Å². The fourth-order valence-electron chi connectivity index (χ4n) is 2.47. The predicted octanol–water partition coefficient (Wildman–Crippen LogP) is 2.89. The van der Waals surface area contributed by atoms with Crippen LogP contribution < -0.4 is 5.32 Å². The molecule has 1 N–H and O–H groups in total. The molecule has 3 nitrogen and oxygen atoms in total. The minimum absolute atomic E-state index is 0.143. The number of ether oxygens (including phenoxy) is 1. The van der Waals surface area contributed by atoms with E-state index < -0.39 is 5.54 Å². The first-order valence-electron chi connectivity index (χ1n) is 6.09. The van der Waals surface area contributed by atoms with Gasteiger partial charge in [-0.3, -0.25) is 0 Å². The van der Waals surface area contributed by atoms with Crippen molar-refractivity contribution in [2.45, 2.75) is 38.1 Å². The highest BCUT2D eigenvalue weighted by molar-refractivity contribution is 5.84. The van der Waals surface area contributed by atoms with E-state index >= 15 is 0 Å². The van der Waals surface area contributed by atoms with Crippen LogP contribution >= 0.6 is 0 Å². The van der Waals surface area contributed by atoms with E-state index in [9.17, 15) is 4.79 Å². The second kappa shape index (κ2) is 4.78. The number of carbonyl (C=O) groups excluding carboxylic acids is 1. The van der Waals surface area contributed by atoms with E-state index in [0.29, 0.717) is 0 Å². The van der Waals surface area contributed by atoms with Gasteiger partial charge in [0.15, 0.2) is 0 Å². The molecular formula is C14H19NO2. The molecule has 0 aliphatic heterocycles. The van der Waals surface area contributed by atoms with Gasteiger partial charge in [0.25, 0.3) is 0 Å². The molecule has 0 bridgehead atoms. The Hall–Kier alpha value is -1.51. The number of carbonyl (C=O) groups is 1. The molecule has 0 atom stereocenters. The maximum absolute atomic E-state index is 11.9. The van der Waals surface area contributed by atoms with Crippen molar-refractivity contribution in [1.82, 2.24) is 0 Å². The van der Waals surface area contributed by atoms with Gasteiger partial charge in [-0.2, -0.15) is 0 Å². The van der Waals surface area contributed by atoms with E-state index in [2.05, 4.69) is 12.2 Å². The first-order valence-corrected chi connectivity index (χ1v) is 6.09. The first-order chi connectivity index (χ1) is 8.16. The van der Waals surface area contributed by atoms with Crippen LogP contribution in [-0.4, -0.2) is 18.6 Å². The van der Waals surface area contributed by atoms with Crippen LogP contribution in [0.4, 0.5) is 5.69 Å². The summed E-state index contributed by atoms with van der Waals surface area (Å²) < 4.78 is 4.93. The van der Waals surface area contributed by atoms with E-state index in [1.165, 1.54) is 12.7 Å². The smallest absolute Gasteiger partial charge is 0.331 e. The maximum Gasteiger partial charge on any atom is 0.331 e. The Morgan fingerprint density at radius 2 is 1.82 bits per heavy atom. The minimum Gasteiger partial charge on any atom is -0.467 e. The maximum atomic E-state index is 11.9. The molecule has 0 spiro atoms. The van der Waals surface area contributed by atoms with E-state index in [1.54, 1.807) is 0 Å². The lowest BCUT2D eigenvalue weighted by atomic mass is 9.97. The molecule has 1 aromatic rings. The topological polar surface area (TPSA) is 38.3 Å². The number of esters is 1. The van der Waals surface area contributed by atoms with Crippen LogP contribution in [0.3, 0.4) is 0 Å². The summed E-state index contributed by atoms with van der Waals surface area (Å²) in [6.45, 7) is 2.05. The van der Waals surface area contributed by atoms with Gasteiger partial charge in [-0.25, -0.2) is 4.79 Å². The third-order valence-corrected chi connectivity index (χ3v) is 3.47. The number of benzene rings is 1. The van der Waals surface area contributed by atoms with Crippen molar-refractivity contribution in [3.8, 4) is 0 Å². The molecule has 0 radical (unpaired) electrons. The third kappa shape index (κ3) is 2.43. The van der Waals surface area contributed by atoms with Crippen molar-refractivity contribution >= 4 is 11.7 Å². The average molecular weight is 233 g/mol. The molecule has 1 fully saturated rings. The van der Waals surface area contributed by atoms with Crippen LogP contribution in [0.1, 0.15) is 31.2 Å². The Labute approximate surface area is 102 Å². The molecule has 1 aromatic carbocycles. The standard InChI is InChI=1S/C14H19NO2/c1-11-5-7-12(8-6-11)15-14(13(16)17-2)9-3-4-10-14/h5-8,15H,3-4,9-10H2,1-2H3. The first kappa shape index (κ1) is 12.0. The van der Waals surface area contributed by atoms with Crippen molar-refractivity contribution in [3.63, 3.8) is 0 Å². The quantitative estimate of drug-likeness (QED) is 0.816. The summed E-state index contributed by atoms with van der Waals surface area (Å²) in [6, 6.07) is 8.11. The van der Waals surface area contributed by atoms with Gasteiger partial charge < -0.3 is 10.1 Å². The average Bonchev–Trinajstić information content (AvgIpc) is 2.81. The normalized spacial score (nSPS) is 17.8. The molecular weight excluding hydrogens is 214 g/mol. The lowest BCUT2D eigenvalue weighted by molar-refractivity contribution is -0.145. The molecule has 92 valence electrons. The lowest BCUT2D eigenvalue weighted by Gasteiger charge is -2.28. The zero-order valence-electron chi connectivity index (χ0n) is 10.5. The molecule has 2 rings (SSSR count). The van der Waals surface area contributed by atoms with Gasteiger partial charge in [-0.1, -0.05) is 30.5 Å². The van der Waals surface area contributed by atoms with Gasteiger partial charge in [0, 0.05) is 5.69 Å². The lowest BCUT2D eigenvalue weighted by Crippen LogP contribution is -2.44. The van der Waals surface area contributed by atoms with Crippen LogP contribution in [0.25, 0.3) is 0 Å². The number of aryl methyl sites for hydroxylation is 1. The van der Waals surface area contributed by atoms with E-state index in [1.807, 2.05) is 24.3 Å². The van der Waals surface area contributed by atoms with Gasteiger partial charge in [-0.05, 0) is 31.9 Å². The zero-order chi connectivity index (χ0) is 12.3. The zero-order valence-corrected chi connectivity index (χ0v) is 10.5. The Bertz CT molecular complexity index is 391. The summed E-state index contributed by atoms with van der Waals surface area (Å²) in [5, 5.41) is 3.36. The summed E-state index contributed by atoms with van der Waals surface area (Å²) in [7, 11) is 1.46. The number of hydrogen-bond acceptors (Lipinski definition) is 3. The second-order valence-corrected chi connectivity index (χ2v) is 4.77. The highest BCUT2D eigenvalue weighted by atomic mass is 16.5. The molecule has 1 aliphatic rings. The van der Waals surface area contributed by atoms with E-state index in [4.69, 9.17) is 4.74 Å². The summed E-state index contributed by atoms with van der Waals surface area (Å²) in [6.07, 6.45) is 3.86. The van der Waals surface area contributed by atoms with Gasteiger partial charge in [0.2, 0.25) is 0 Å². The molecule has 0 amide bonds. The Morgan fingerprint density at radius 1 is 1.24 bits per heavy atom. The third-order valence-electron chi connectivity index (χ3n) is 3.47. The van der Waals surface area contributed by atoms with Crippen molar-refractivity contribution in [3.05, 3.63) is 29.8 Å². The Morgan fingerprint density at radius 3 is 2.35 bits per heavy atom. The molecule has 1 aliphatic carbocycles. The van der Waals surface area contributed by atoms with Crippen molar-refractivity contribution in [1.29, 1.82) is 0 Å². The number of anilines is 1. The second-order valence-electron chi connectivity index (χ2n) is 4.77. The van der Waals surface area contributed by atoms with Crippen molar-refractivity contribution < 1.29 is 9.53 Å². The predicted molar refractivity (Wildman–Crippen MR) is 68.0 cm³/mol. The Kier molecular flexibility index (Phi) is 3.36. The number of nitrogens with one attached hydrogen (secondary N) is 1. The Balaban J connectivity index is 2.18. The highest BCUT2D eigenvalue weighted by Gasteiger charge is 2.42. The fraction of sp³-hybridized carbons (Fsp3) is 0.500. The number of rotatable bonds is 3. The van der Waals surface area contributed by atoms with Gasteiger partial charge in [0.05, 0.1) is 7.11 Å². The monoisotopic (exact) mass is 233 g/mol. The summed E-state index contributed by atoms with van der Waals surface area (Å²) in [5.74, 6) is -0.143. The van der Waals surface area contributed by atoms with Crippen molar-refractivity contribution in [2.75, 3.05) is 12.4 Å². The molecule has 0 saturated heterocycles. The van der Waals surface area contributed by atoms with E-state index in [0.717, 1.165) is 31.4 Å². The van der Waals surface area contributed by atoms with Crippen molar-refractivity contribution in [2.24, 2.45) is 0 Å². The molecule has 3 heteroatoms. The van der Waals surface area contributed by atoms with Gasteiger partial charge >= 0.3 is 5.97 Å². The van der Waals surface area contributed by atoms with E-state index in [-0.39, 0.29) is 5.97 Å². The number of hydrogen-bond donors (Lipinski definition) is 1. The van der Waals surface area contributed by atoms with Crippen LogP contribution in [0.15, 0.2) is 24.3 Å². The fourth-order valence-corrected chi connectivity index (χ4v) is 2.47. The minimum atomic E-state index is -0.510. The molecule has 17 heavy (non-hydrogen) atoms.